The van der Waals surface area contributed by atoms with Gasteiger partial charge in [0, 0.05) is 36.4 Å². The number of hydrogen-bond donors (Lipinski definition) is 0. The second-order valence-corrected chi connectivity index (χ2v) is 7.08. The summed E-state index contributed by atoms with van der Waals surface area (Å²) in [5, 5.41) is 0. The van der Waals surface area contributed by atoms with Crippen molar-refractivity contribution in [1.82, 2.24) is 4.90 Å². The van der Waals surface area contributed by atoms with Crippen LogP contribution in [0.2, 0.25) is 0 Å². The van der Waals surface area contributed by atoms with E-state index in [1.54, 1.807) is 7.11 Å². The Balaban J connectivity index is 2.29. The number of hydrogen-bond acceptors (Lipinski definition) is 4. The van der Waals surface area contributed by atoms with Crippen molar-refractivity contribution >= 4 is 25.6 Å². The fraction of sp³-hybridized carbons (Fsp3) is 0.417. The minimum absolute atomic E-state index is 0.0408. The maximum Gasteiger partial charge on any atom is 0.261 e. The number of benzene rings is 1. The van der Waals surface area contributed by atoms with E-state index in [4.69, 9.17) is 15.4 Å². The van der Waals surface area contributed by atoms with E-state index in [0.717, 1.165) is 18.2 Å². The first-order valence-corrected chi connectivity index (χ1v) is 8.19. The molecule has 1 heterocycles. The van der Waals surface area contributed by atoms with E-state index < -0.39 is 25.7 Å². The first-order chi connectivity index (χ1) is 9.31. The van der Waals surface area contributed by atoms with Gasteiger partial charge in [-0.25, -0.2) is 12.8 Å². The van der Waals surface area contributed by atoms with Gasteiger partial charge in [-0.15, -0.1) is 0 Å². The van der Waals surface area contributed by atoms with Crippen molar-refractivity contribution in [3.8, 4) is 0 Å². The second kappa shape index (κ2) is 5.67. The second-order valence-electron chi connectivity index (χ2n) is 4.51. The molecule has 1 aliphatic rings. The van der Waals surface area contributed by atoms with Crippen molar-refractivity contribution in [2.75, 3.05) is 20.2 Å². The number of nitrogens with zero attached hydrogens (tertiary/aromatic N) is 1. The standard InChI is InChI=1S/C12H13ClFNO4S/c1-19-10-2-3-15(7-10)12(16)8-4-9(14)6-11(5-8)20(13,17)18/h4-6,10H,2-3,7H2,1H3. The molecule has 5 nitrogen and oxygen atoms in total. The average Bonchev–Trinajstić information content (AvgIpc) is 2.84. The summed E-state index contributed by atoms with van der Waals surface area (Å²) in [6, 6.07) is 2.85. The Bertz CT molecular complexity index is 634. The molecule has 0 aliphatic carbocycles. The zero-order chi connectivity index (χ0) is 14.9. The molecule has 1 saturated heterocycles. The van der Waals surface area contributed by atoms with Crippen LogP contribution >= 0.6 is 10.7 Å². The van der Waals surface area contributed by atoms with Crippen LogP contribution in [0.3, 0.4) is 0 Å². The number of likely N-dealkylation sites (tertiary alicyclic amines) is 1. The molecule has 0 bridgehead atoms. The Morgan fingerprint density at radius 3 is 2.70 bits per heavy atom. The van der Waals surface area contributed by atoms with Crippen LogP contribution in [-0.4, -0.2) is 45.5 Å². The number of amides is 1. The Morgan fingerprint density at radius 1 is 1.45 bits per heavy atom. The van der Waals surface area contributed by atoms with Crippen LogP contribution in [0.4, 0.5) is 4.39 Å². The Kier molecular flexibility index (Phi) is 4.31. The highest BCUT2D eigenvalue weighted by Gasteiger charge is 2.27. The molecular weight excluding hydrogens is 309 g/mol. The summed E-state index contributed by atoms with van der Waals surface area (Å²) in [5.41, 5.74) is -0.0408. The Labute approximate surface area is 120 Å². The van der Waals surface area contributed by atoms with Gasteiger partial charge in [0.1, 0.15) is 5.82 Å². The highest BCUT2D eigenvalue weighted by atomic mass is 35.7. The first kappa shape index (κ1) is 15.2. The van der Waals surface area contributed by atoms with Gasteiger partial charge < -0.3 is 9.64 Å². The number of ether oxygens (including phenoxy) is 1. The smallest absolute Gasteiger partial charge is 0.261 e. The maximum absolute atomic E-state index is 13.4. The van der Waals surface area contributed by atoms with Crippen LogP contribution in [0.5, 0.6) is 0 Å². The van der Waals surface area contributed by atoms with Crippen molar-refractivity contribution in [1.29, 1.82) is 0 Å². The summed E-state index contributed by atoms with van der Waals surface area (Å²) in [5.74, 6) is -1.26. The third kappa shape index (κ3) is 3.28. The molecule has 1 amide bonds. The highest BCUT2D eigenvalue weighted by Crippen LogP contribution is 2.21. The average molecular weight is 322 g/mol. The molecule has 1 aliphatic heterocycles. The third-order valence-corrected chi connectivity index (χ3v) is 4.50. The summed E-state index contributed by atoms with van der Waals surface area (Å²) >= 11 is 0. The number of rotatable bonds is 3. The summed E-state index contributed by atoms with van der Waals surface area (Å²) in [6.45, 7) is 0.881. The van der Waals surface area contributed by atoms with Gasteiger partial charge in [-0.3, -0.25) is 4.79 Å². The van der Waals surface area contributed by atoms with Gasteiger partial charge in [0.05, 0.1) is 11.0 Å². The van der Waals surface area contributed by atoms with E-state index in [-0.39, 0.29) is 11.7 Å². The van der Waals surface area contributed by atoms with Crippen molar-refractivity contribution < 1.29 is 22.3 Å². The molecular formula is C12H13ClFNO4S. The van der Waals surface area contributed by atoms with Gasteiger partial charge in [-0.2, -0.15) is 0 Å². The molecule has 1 atom stereocenters. The van der Waals surface area contributed by atoms with E-state index in [2.05, 4.69) is 0 Å². The Morgan fingerprint density at radius 2 is 2.15 bits per heavy atom. The lowest BCUT2D eigenvalue weighted by molar-refractivity contribution is 0.0723. The minimum atomic E-state index is -4.08. The van der Waals surface area contributed by atoms with E-state index in [0.29, 0.717) is 19.5 Å². The normalized spacial score (nSPS) is 19.4. The maximum atomic E-state index is 13.4. The van der Waals surface area contributed by atoms with Crippen LogP contribution in [0.25, 0.3) is 0 Å². The van der Waals surface area contributed by atoms with E-state index in [1.165, 1.54) is 4.90 Å². The molecule has 0 saturated carbocycles. The number of carbonyl (C=O) groups is 1. The molecule has 1 aromatic rings. The summed E-state index contributed by atoms with van der Waals surface area (Å²) in [6.07, 6.45) is 0.641. The Hall–Kier alpha value is -1.18. The van der Waals surface area contributed by atoms with Crippen molar-refractivity contribution in [3.63, 3.8) is 0 Å². The van der Waals surface area contributed by atoms with Crippen LogP contribution in [0, 0.1) is 5.82 Å². The van der Waals surface area contributed by atoms with E-state index >= 15 is 0 Å². The number of methoxy groups -OCH3 is 1. The molecule has 20 heavy (non-hydrogen) atoms. The summed E-state index contributed by atoms with van der Waals surface area (Å²) in [7, 11) is 2.64. The molecule has 0 radical (unpaired) electrons. The van der Waals surface area contributed by atoms with Crippen molar-refractivity contribution in [2.24, 2.45) is 0 Å². The monoisotopic (exact) mass is 321 g/mol. The molecule has 1 aromatic carbocycles. The van der Waals surface area contributed by atoms with E-state index in [1.807, 2.05) is 0 Å². The molecule has 2 rings (SSSR count). The van der Waals surface area contributed by atoms with Crippen LogP contribution in [0.15, 0.2) is 23.1 Å². The SMILES string of the molecule is COC1CCN(C(=O)c2cc(F)cc(S(=O)(=O)Cl)c2)C1. The zero-order valence-corrected chi connectivity index (χ0v) is 12.2. The molecule has 0 N–H and O–H groups in total. The van der Waals surface area contributed by atoms with Gasteiger partial charge in [0.15, 0.2) is 0 Å². The number of halogens is 2. The summed E-state index contributed by atoms with van der Waals surface area (Å²) in [4.78, 5) is 13.3. The fourth-order valence-corrected chi connectivity index (χ4v) is 2.90. The first-order valence-electron chi connectivity index (χ1n) is 5.88. The van der Waals surface area contributed by atoms with Gasteiger partial charge in [0.2, 0.25) is 0 Å². The minimum Gasteiger partial charge on any atom is -0.380 e. The lowest BCUT2D eigenvalue weighted by Crippen LogP contribution is -2.30. The van der Waals surface area contributed by atoms with Crippen molar-refractivity contribution in [3.05, 3.63) is 29.6 Å². The van der Waals surface area contributed by atoms with Gasteiger partial charge in [-0.1, -0.05) is 0 Å². The third-order valence-electron chi connectivity index (χ3n) is 3.17. The van der Waals surface area contributed by atoms with E-state index in [9.17, 15) is 17.6 Å². The van der Waals surface area contributed by atoms with Crippen LogP contribution < -0.4 is 0 Å². The lowest BCUT2D eigenvalue weighted by Gasteiger charge is -2.16. The molecule has 8 heteroatoms. The van der Waals surface area contributed by atoms with Gasteiger partial charge in [0.25, 0.3) is 15.0 Å². The predicted octanol–water partition coefficient (Wildman–Crippen LogP) is 1.61. The lowest BCUT2D eigenvalue weighted by atomic mass is 10.2. The highest BCUT2D eigenvalue weighted by molar-refractivity contribution is 8.13. The van der Waals surface area contributed by atoms with Gasteiger partial charge >= 0.3 is 0 Å². The largest absolute Gasteiger partial charge is 0.380 e. The van der Waals surface area contributed by atoms with Crippen LogP contribution in [0.1, 0.15) is 16.8 Å². The zero-order valence-electron chi connectivity index (χ0n) is 10.7. The topological polar surface area (TPSA) is 63.7 Å². The molecule has 1 unspecified atom stereocenters. The fourth-order valence-electron chi connectivity index (χ4n) is 2.11. The van der Waals surface area contributed by atoms with Crippen molar-refractivity contribution in [2.45, 2.75) is 17.4 Å². The van der Waals surface area contributed by atoms with Crippen LogP contribution in [-0.2, 0) is 13.8 Å². The van der Waals surface area contributed by atoms with Gasteiger partial charge in [-0.05, 0) is 24.6 Å². The molecule has 0 spiro atoms. The molecule has 0 aromatic heterocycles. The predicted molar refractivity (Wildman–Crippen MR) is 70.8 cm³/mol. The quantitative estimate of drug-likeness (QED) is 0.794. The summed E-state index contributed by atoms with van der Waals surface area (Å²) < 4.78 is 41.0. The molecule has 1 fully saturated rings. The number of carbonyl (C=O) groups excluding carboxylic acids is 1. The molecule has 110 valence electrons.